The number of amidine groups is 1. The highest BCUT2D eigenvalue weighted by atomic mass is 35.5. The third kappa shape index (κ3) is 3.18. The van der Waals surface area contributed by atoms with Crippen molar-refractivity contribution in [1.29, 1.82) is 0 Å². The van der Waals surface area contributed by atoms with Crippen LogP contribution in [0.3, 0.4) is 0 Å². The summed E-state index contributed by atoms with van der Waals surface area (Å²) in [5.74, 6) is 0.404. The van der Waals surface area contributed by atoms with Gasteiger partial charge < -0.3 is 15.7 Å². The molecule has 0 aliphatic carbocycles. The highest BCUT2D eigenvalue weighted by Gasteiger charge is 2.11. The molecule has 6 heteroatoms. The molecule has 3 N–H and O–H groups in total. The van der Waals surface area contributed by atoms with Crippen LogP contribution in [0.15, 0.2) is 23.4 Å². The Balaban J connectivity index is 2.81. The largest absolute Gasteiger partial charge is 0.481 e. The number of hydrogen-bond donors (Lipinski definition) is 2. The predicted molar refractivity (Wildman–Crippen MR) is 60.0 cm³/mol. The van der Waals surface area contributed by atoms with Gasteiger partial charge in [-0.3, -0.25) is 0 Å². The van der Waals surface area contributed by atoms with E-state index in [2.05, 4.69) is 5.16 Å². The maximum Gasteiger partial charge on any atom is 0.180 e. The van der Waals surface area contributed by atoms with E-state index in [4.69, 9.17) is 38.9 Å². The topological polar surface area (TPSA) is 67.8 Å². The summed E-state index contributed by atoms with van der Waals surface area (Å²) in [4.78, 5) is 0. The van der Waals surface area contributed by atoms with E-state index in [1.807, 2.05) is 0 Å². The van der Waals surface area contributed by atoms with Gasteiger partial charge in [-0.05, 0) is 25.1 Å². The molecule has 0 saturated carbocycles. The minimum absolute atomic E-state index is 0.0268. The van der Waals surface area contributed by atoms with Crippen molar-refractivity contribution in [1.82, 2.24) is 0 Å². The van der Waals surface area contributed by atoms with Gasteiger partial charge in [0.15, 0.2) is 11.9 Å². The van der Waals surface area contributed by atoms with Crippen molar-refractivity contribution in [3.63, 3.8) is 0 Å². The van der Waals surface area contributed by atoms with E-state index in [9.17, 15) is 0 Å². The molecular formula is C9H10Cl2N2O2. The molecule has 0 fully saturated rings. The molecule has 4 nitrogen and oxygen atoms in total. The lowest BCUT2D eigenvalue weighted by molar-refractivity contribution is 0.266. The van der Waals surface area contributed by atoms with E-state index >= 15 is 0 Å². The molecule has 0 amide bonds. The summed E-state index contributed by atoms with van der Waals surface area (Å²) in [7, 11) is 0. The SMILES string of the molecule is C[C@@H](Oc1ccc(Cl)cc1Cl)/C(N)=N\O. The number of oxime groups is 1. The van der Waals surface area contributed by atoms with E-state index < -0.39 is 6.10 Å². The lowest BCUT2D eigenvalue weighted by Gasteiger charge is -2.14. The van der Waals surface area contributed by atoms with Crippen LogP contribution in [0.1, 0.15) is 6.92 Å². The molecule has 0 bridgehead atoms. The predicted octanol–water partition coefficient (Wildman–Crippen LogP) is 2.51. The van der Waals surface area contributed by atoms with E-state index in [0.717, 1.165) is 0 Å². The second-order valence-electron chi connectivity index (χ2n) is 2.86. The standard InChI is InChI=1S/C9H10Cl2N2O2/c1-5(9(12)13-14)15-8-3-2-6(10)4-7(8)11/h2-5,14H,1H3,(H2,12,13)/t5-/m1/s1. The van der Waals surface area contributed by atoms with Crippen molar-refractivity contribution in [3.8, 4) is 5.75 Å². The van der Waals surface area contributed by atoms with Gasteiger partial charge in [-0.1, -0.05) is 28.4 Å². The van der Waals surface area contributed by atoms with Crippen LogP contribution in [0.5, 0.6) is 5.75 Å². The van der Waals surface area contributed by atoms with Crippen LogP contribution in [0, 0.1) is 0 Å². The molecule has 1 rings (SSSR count). The molecule has 1 atom stereocenters. The smallest absolute Gasteiger partial charge is 0.180 e. The van der Waals surface area contributed by atoms with Gasteiger partial charge in [-0.25, -0.2) is 0 Å². The summed E-state index contributed by atoms with van der Waals surface area (Å²) >= 11 is 11.6. The summed E-state index contributed by atoms with van der Waals surface area (Å²) < 4.78 is 5.35. The highest BCUT2D eigenvalue weighted by molar-refractivity contribution is 6.35. The molecule has 0 heterocycles. The first-order chi connectivity index (χ1) is 7.04. The zero-order valence-corrected chi connectivity index (χ0v) is 9.46. The van der Waals surface area contributed by atoms with Crippen molar-refractivity contribution in [2.24, 2.45) is 10.9 Å². The van der Waals surface area contributed by atoms with Crippen molar-refractivity contribution >= 4 is 29.0 Å². The Hall–Kier alpha value is -1.13. The molecule has 0 saturated heterocycles. The minimum Gasteiger partial charge on any atom is -0.481 e. The summed E-state index contributed by atoms with van der Waals surface area (Å²) in [5.41, 5.74) is 5.35. The van der Waals surface area contributed by atoms with Crippen LogP contribution in [0.4, 0.5) is 0 Å². The van der Waals surface area contributed by atoms with Crippen LogP contribution in [0.2, 0.25) is 10.0 Å². The first kappa shape index (κ1) is 11.9. The van der Waals surface area contributed by atoms with E-state index in [1.165, 1.54) is 0 Å². The maximum absolute atomic E-state index is 8.43. The maximum atomic E-state index is 8.43. The van der Waals surface area contributed by atoms with Crippen molar-refractivity contribution in [2.45, 2.75) is 13.0 Å². The fourth-order valence-electron chi connectivity index (χ4n) is 0.903. The van der Waals surface area contributed by atoms with Gasteiger partial charge >= 0.3 is 0 Å². The van der Waals surface area contributed by atoms with Crippen molar-refractivity contribution in [3.05, 3.63) is 28.2 Å². The minimum atomic E-state index is -0.561. The third-order valence-electron chi connectivity index (χ3n) is 1.73. The molecule has 1 aromatic carbocycles. The van der Waals surface area contributed by atoms with Gasteiger partial charge in [0.05, 0.1) is 5.02 Å². The highest BCUT2D eigenvalue weighted by Crippen LogP contribution is 2.28. The van der Waals surface area contributed by atoms with Gasteiger partial charge in [0.2, 0.25) is 0 Å². The molecule has 15 heavy (non-hydrogen) atoms. The quantitative estimate of drug-likeness (QED) is 0.374. The Morgan fingerprint density at radius 2 is 2.20 bits per heavy atom. The Morgan fingerprint density at radius 3 is 2.73 bits per heavy atom. The van der Waals surface area contributed by atoms with Gasteiger partial charge in [0.1, 0.15) is 5.75 Å². The second-order valence-corrected chi connectivity index (χ2v) is 3.70. The number of benzene rings is 1. The first-order valence-electron chi connectivity index (χ1n) is 4.13. The van der Waals surface area contributed by atoms with Crippen LogP contribution >= 0.6 is 23.2 Å². The van der Waals surface area contributed by atoms with Crippen LogP contribution in [0.25, 0.3) is 0 Å². The zero-order chi connectivity index (χ0) is 11.4. The molecule has 0 aromatic heterocycles. The van der Waals surface area contributed by atoms with E-state index in [-0.39, 0.29) is 5.84 Å². The number of hydrogen-bond acceptors (Lipinski definition) is 3. The van der Waals surface area contributed by atoms with Crippen LogP contribution < -0.4 is 10.5 Å². The average Bonchev–Trinajstić information content (AvgIpc) is 2.20. The normalized spacial score (nSPS) is 13.7. The van der Waals surface area contributed by atoms with Gasteiger partial charge in [0.25, 0.3) is 0 Å². The number of halogens is 2. The molecule has 0 unspecified atom stereocenters. The fraction of sp³-hybridized carbons (Fsp3) is 0.222. The van der Waals surface area contributed by atoms with Gasteiger partial charge in [-0.15, -0.1) is 0 Å². The molecule has 1 aromatic rings. The van der Waals surface area contributed by atoms with E-state index in [1.54, 1.807) is 25.1 Å². The first-order valence-corrected chi connectivity index (χ1v) is 4.89. The number of nitrogens with zero attached hydrogens (tertiary/aromatic N) is 1. The third-order valence-corrected chi connectivity index (χ3v) is 2.26. The molecule has 0 aliphatic heterocycles. The zero-order valence-electron chi connectivity index (χ0n) is 7.95. The number of rotatable bonds is 3. The molecule has 82 valence electrons. The van der Waals surface area contributed by atoms with Gasteiger partial charge in [0, 0.05) is 5.02 Å². The Bertz CT molecular complexity index is 382. The molecule has 0 radical (unpaired) electrons. The second kappa shape index (κ2) is 5.09. The summed E-state index contributed by atoms with van der Waals surface area (Å²) in [6.07, 6.45) is -0.561. The fourth-order valence-corrected chi connectivity index (χ4v) is 1.36. The summed E-state index contributed by atoms with van der Waals surface area (Å²) in [6.45, 7) is 1.64. The van der Waals surface area contributed by atoms with E-state index in [0.29, 0.717) is 15.8 Å². The summed E-state index contributed by atoms with van der Waals surface area (Å²) in [5, 5.41) is 12.2. The van der Waals surface area contributed by atoms with Crippen LogP contribution in [-0.2, 0) is 0 Å². The average molecular weight is 249 g/mol. The van der Waals surface area contributed by atoms with Crippen molar-refractivity contribution in [2.75, 3.05) is 0 Å². The molecule has 0 spiro atoms. The Labute approximate surface area is 97.2 Å². The van der Waals surface area contributed by atoms with Crippen molar-refractivity contribution < 1.29 is 9.94 Å². The van der Waals surface area contributed by atoms with Crippen LogP contribution in [-0.4, -0.2) is 17.1 Å². The summed E-state index contributed by atoms with van der Waals surface area (Å²) in [6, 6.07) is 4.81. The lowest BCUT2D eigenvalue weighted by atomic mass is 10.3. The molecular weight excluding hydrogens is 239 g/mol. The van der Waals surface area contributed by atoms with Gasteiger partial charge in [-0.2, -0.15) is 0 Å². The monoisotopic (exact) mass is 248 g/mol. The Kier molecular flexibility index (Phi) is 4.05. The number of ether oxygens (including phenoxy) is 1. The Morgan fingerprint density at radius 1 is 1.53 bits per heavy atom. The lowest BCUT2D eigenvalue weighted by Crippen LogP contribution is -2.31. The number of nitrogens with two attached hydrogens (primary N) is 1. The molecule has 0 aliphatic rings.